The maximum absolute atomic E-state index is 9.73. The van der Waals surface area contributed by atoms with Gasteiger partial charge in [0.05, 0.1) is 6.10 Å². The average molecular weight is 231 g/mol. The van der Waals surface area contributed by atoms with Gasteiger partial charge in [0.15, 0.2) is 0 Å². The number of aliphatic hydroxyl groups excluding tert-OH is 1. The normalized spacial score (nSPS) is 13.0. The van der Waals surface area contributed by atoms with E-state index in [0.717, 1.165) is 31.6 Å². The van der Waals surface area contributed by atoms with E-state index in [4.69, 9.17) is 11.6 Å². The number of hydrogen-bond acceptors (Lipinski definition) is 2. The van der Waals surface area contributed by atoms with Crippen LogP contribution in [-0.4, -0.2) is 26.6 Å². The number of imidazole rings is 1. The second kappa shape index (κ2) is 6.85. The van der Waals surface area contributed by atoms with Gasteiger partial charge in [-0.25, -0.2) is 4.98 Å². The Morgan fingerprint density at radius 3 is 3.07 bits per heavy atom. The van der Waals surface area contributed by atoms with Crippen molar-refractivity contribution in [2.45, 2.75) is 45.3 Å². The number of aryl methyl sites for hydroxylation is 1. The van der Waals surface area contributed by atoms with Crippen molar-refractivity contribution in [2.75, 3.05) is 5.88 Å². The minimum absolute atomic E-state index is 0.318. The smallest absolute Gasteiger partial charge is 0.111 e. The SMILES string of the molecule is CCCn1ccnc1CC(O)CCCCl. The molecule has 1 atom stereocenters. The van der Waals surface area contributed by atoms with E-state index >= 15 is 0 Å². The van der Waals surface area contributed by atoms with Gasteiger partial charge in [0.1, 0.15) is 5.82 Å². The summed E-state index contributed by atoms with van der Waals surface area (Å²) in [7, 11) is 0. The summed E-state index contributed by atoms with van der Waals surface area (Å²) in [5.74, 6) is 1.58. The molecule has 15 heavy (non-hydrogen) atoms. The second-order valence-corrected chi connectivity index (χ2v) is 4.10. The van der Waals surface area contributed by atoms with Crippen molar-refractivity contribution in [3.63, 3.8) is 0 Å². The van der Waals surface area contributed by atoms with Crippen molar-refractivity contribution in [3.8, 4) is 0 Å². The van der Waals surface area contributed by atoms with Crippen LogP contribution in [0.5, 0.6) is 0 Å². The monoisotopic (exact) mass is 230 g/mol. The number of aliphatic hydroxyl groups is 1. The van der Waals surface area contributed by atoms with Crippen molar-refractivity contribution in [3.05, 3.63) is 18.2 Å². The van der Waals surface area contributed by atoms with Crippen LogP contribution in [0.2, 0.25) is 0 Å². The predicted molar refractivity (Wildman–Crippen MR) is 62.2 cm³/mol. The summed E-state index contributed by atoms with van der Waals surface area (Å²) in [6, 6.07) is 0. The Labute approximate surface area is 96.1 Å². The molecule has 0 radical (unpaired) electrons. The molecule has 0 aliphatic heterocycles. The molecule has 0 fully saturated rings. The average Bonchev–Trinajstić information content (AvgIpc) is 2.63. The highest BCUT2D eigenvalue weighted by Crippen LogP contribution is 2.07. The summed E-state index contributed by atoms with van der Waals surface area (Å²) in [6.07, 6.45) is 6.76. The van der Waals surface area contributed by atoms with Gasteiger partial charge in [0, 0.05) is 31.2 Å². The molecule has 4 heteroatoms. The zero-order chi connectivity index (χ0) is 11.1. The van der Waals surface area contributed by atoms with E-state index in [9.17, 15) is 5.11 Å². The fourth-order valence-electron chi connectivity index (χ4n) is 1.60. The van der Waals surface area contributed by atoms with Crippen LogP contribution in [0.4, 0.5) is 0 Å². The lowest BCUT2D eigenvalue weighted by Gasteiger charge is -2.11. The first kappa shape index (κ1) is 12.5. The molecule has 1 unspecified atom stereocenters. The van der Waals surface area contributed by atoms with Gasteiger partial charge in [-0.2, -0.15) is 0 Å². The Kier molecular flexibility index (Phi) is 5.73. The highest BCUT2D eigenvalue weighted by molar-refractivity contribution is 6.17. The highest BCUT2D eigenvalue weighted by atomic mass is 35.5. The van der Waals surface area contributed by atoms with Gasteiger partial charge in [-0.3, -0.25) is 0 Å². The summed E-state index contributed by atoms with van der Waals surface area (Å²) in [4.78, 5) is 4.25. The molecule has 1 aromatic rings. The van der Waals surface area contributed by atoms with Gasteiger partial charge >= 0.3 is 0 Å². The van der Waals surface area contributed by atoms with E-state index in [2.05, 4.69) is 16.5 Å². The predicted octanol–water partition coefficient (Wildman–Crippen LogP) is 2.22. The molecular weight excluding hydrogens is 212 g/mol. The molecule has 3 nitrogen and oxygen atoms in total. The van der Waals surface area contributed by atoms with Gasteiger partial charge in [-0.1, -0.05) is 6.92 Å². The molecule has 0 saturated carbocycles. The van der Waals surface area contributed by atoms with Gasteiger partial charge in [-0.15, -0.1) is 11.6 Å². The Morgan fingerprint density at radius 1 is 1.60 bits per heavy atom. The van der Waals surface area contributed by atoms with Crippen LogP contribution in [0.1, 0.15) is 32.0 Å². The number of alkyl halides is 1. The lowest BCUT2D eigenvalue weighted by Crippen LogP contribution is -2.15. The molecule has 86 valence electrons. The van der Waals surface area contributed by atoms with Gasteiger partial charge in [0.2, 0.25) is 0 Å². The molecular formula is C11H19ClN2O. The van der Waals surface area contributed by atoms with Crippen LogP contribution >= 0.6 is 11.6 Å². The van der Waals surface area contributed by atoms with Crippen LogP contribution in [0.15, 0.2) is 12.4 Å². The zero-order valence-corrected chi connectivity index (χ0v) is 9.95. The van der Waals surface area contributed by atoms with E-state index in [0.29, 0.717) is 12.3 Å². The Morgan fingerprint density at radius 2 is 2.40 bits per heavy atom. The molecule has 1 aromatic heterocycles. The van der Waals surface area contributed by atoms with Crippen molar-refractivity contribution in [1.82, 2.24) is 9.55 Å². The summed E-state index contributed by atoms with van der Waals surface area (Å²) in [5.41, 5.74) is 0. The largest absolute Gasteiger partial charge is 0.393 e. The highest BCUT2D eigenvalue weighted by Gasteiger charge is 2.09. The van der Waals surface area contributed by atoms with E-state index in [1.807, 2.05) is 6.20 Å². The molecule has 0 spiro atoms. The van der Waals surface area contributed by atoms with Crippen LogP contribution in [0.25, 0.3) is 0 Å². The maximum Gasteiger partial charge on any atom is 0.111 e. The van der Waals surface area contributed by atoms with E-state index in [1.54, 1.807) is 6.20 Å². The zero-order valence-electron chi connectivity index (χ0n) is 9.19. The summed E-state index contributed by atoms with van der Waals surface area (Å²) in [5, 5.41) is 9.73. The van der Waals surface area contributed by atoms with Gasteiger partial charge in [-0.05, 0) is 19.3 Å². The fourth-order valence-corrected chi connectivity index (χ4v) is 1.75. The van der Waals surface area contributed by atoms with Crippen LogP contribution in [0.3, 0.4) is 0 Å². The standard InChI is InChI=1S/C11H19ClN2O/c1-2-7-14-8-6-13-11(14)9-10(15)4-3-5-12/h6,8,10,15H,2-5,7,9H2,1H3. The van der Waals surface area contributed by atoms with E-state index in [1.165, 1.54) is 0 Å². The first-order valence-corrected chi connectivity index (χ1v) is 6.05. The van der Waals surface area contributed by atoms with Crippen molar-refractivity contribution in [1.29, 1.82) is 0 Å². The first-order valence-electron chi connectivity index (χ1n) is 5.52. The van der Waals surface area contributed by atoms with Crippen molar-refractivity contribution >= 4 is 11.6 Å². The molecule has 0 aliphatic rings. The molecule has 0 aliphatic carbocycles. The molecule has 1 heterocycles. The van der Waals surface area contributed by atoms with Gasteiger partial charge < -0.3 is 9.67 Å². The van der Waals surface area contributed by atoms with Crippen molar-refractivity contribution in [2.24, 2.45) is 0 Å². The third-order valence-corrected chi connectivity index (χ3v) is 2.62. The number of halogens is 1. The van der Waals surface area contributed by atoms with Crippen LogP contribution in [0, 0.1) is 0 Å². The molecule has 0 aromatic carbocycles. The lowest BCUT2D eigenvalue weighted by atomic mass is 10.1. The fraction of sp³-hybridized carbons (Fsp3) is 0.727. The lowest BCUT2D eigenvalue weighted by molar-refractivity contribution is 0.160. The van der Waals surface area contributed by atoms with E-state index in [-0.39, 0.29) is 6.10 Å². The minimum atomic E-state index is -0.318. The van der Waals surface area contributed by atoms with Crippen molar-refractivity contribution < 1.29 is 5.11 Å². The summed E-state index contributed by atoms with van der Waals surface area (Å²) in [6.45, 7) is 3.10. The molecule has 0 bridgehead atoms. The Balaban J connectivity index is 2.44. The summed E-state index contributed by atoms with van der Waals surface area (Å²) >= 11 is 5.58. The third kappa shape index (κ3) is 4.22. The molecule has 1 rings (SSSR count). The maximum atomic E-state index is 9.73. The quantitative estimate of drug-likeness (QED) is 0.730. The Hall–Kier alpha value is -0.540. The first-order chi connectivity index (χ1) is 7.27. The third-order valence-electron chi connectivity index (χ3n) is 2.36. The van der Waals surface area contributed by atoms with Crippen LogP contribution < -0.4 is 0 Å². The number of rotatable bonds is 7. The number of nitrogens with zero attached hydrogens (tertiary/aromatic N) is 2. The minimum Gasteiger partial charge on any atom is -0.393 e. The van der Waals surface area contributed by atoms with Gasteiger partial charge in [0.25, 0.3) is 0 Å². The molecule has 0 amide bonds. The summed E-state index contributed by atoms with van der Waals surface area (Å²) < 4.78 is 2.10. The topological polar surface area (TPSA) is 38.0 Å². The number of aromatic nitrogens is 2. The molecule has 1 N–H and O–H groups in total. The van der Waals surface area contributed by atoms with E-state index < -0.39 is 0 Å². The Bertz CT molecular complexity index is 275. The second-order valence-electron chi connectivity index (χ2n) is 3.73. The number of hydrogen-bond donors (Lipinski definition) is 1. The molecule has 0 saturated heterocycles. The van der Waals surface area contributed by atoms with Crippen LogP contribution in [-0.2, 0) is 13.0 Å².